The van der Waals surface area contributed by atoms with Gasteiger partial charge >= 0.3 is 0 Å². The van der Waals surface area contributed by atoms with Crippen LogP contribution in [0.2, 0.25) is 10.0 Å². The van der Waals surface area contributed by atoms with Gasteiger partial charge in [0, 0.05) is 34.9 Å². The van der Waals surface area contributed by atoms with Crippen LogP contribution in [0.4, 0.5) is 10.8 Å². The van der Waals surface area contributed by atoms with Crippen LogP contribution in [-0.2, 0) is 6.42 Å². The highest BCUT2D eigenvalue weighted by molar-refractivity contribution is 7.09. The van der Waals surface area contributed by atoms with Gasteiger partial charge in [0.2, 0.25) is 5.13 Å². The Morgan fingerprint density at radius 2 is 1.96 bits per heavy atom. The predicted molar refractivity (Wildman–Crippen MR) is 111 cm³/mol. The van der Waals surface area contributed by atoms with Crippen LogP contribution in [0.15, 0.2) is 54.2 Å². The van der Waals surface area contributed by atoms with Crippen LogP contribution < -0.4 is 10.6 Å². The molecule has 4 nitrogen and oxygen atoms in total. The van der Waals surface area contributed by atoms with Crippen LogP contribution in [0, 0.1) is 0 Å². The van der Waals surface area contributed by atoms with Gasteiger partial charge in [0.05, 0.1) is 10.7 Å². The second-order valence-electron chi connectivity index (χ2n) is 5.70. The standard InChI is InChI=1S/C19H18Cl2N4S/c1-13(22-10-9-14-5-3-2-4-6-14)11-18-24-19(26-25-18)23-17-8-7-15(20)12-16(17)21/h2-8,11-12,22H,9-10H2,1H3,(H,23,24,25)/b13-11+. The maximum Gasteiger partial charge on any atom is 0.207 e. The van der Waals surface area contributed by atoms with E-state index in [9.17, 15) is 0 Å². The van der Waals surface area contributed by atoms with E-state index in [4.69, 9.17) is 23.2 Å². The van der Waals surface area contributed by atoms with Crippen LogP contribution in [0.1, 0.15) is 18.3 Å². The molecule has 0 aliphatic rings. The lowest BCUT2D eigenvalue weighted by molar-refractivity contribution is 0.792. The lowest BCUT2D eigenvalue weighted by Gasteiger charge is -2.06. The highest BCUT2D eigenvalue weighted by Crippen LogP contribution is 2.28. The SMILES string of the molecule is C/C(=C\c1nsc(Nc2ccc(Cl)cc2Cl)n1)NCCc1ccccc1. The van der Waals surface area contributed by atoms with Gasteiger partial charge in [-0.25, -0.2) is 0 Å². The largest absolute Gasteiger partial charge is 0.388 e. The number of halogens is 2. The first-order chi connectivity index (χ1) is 12.6. The molecule has 0 amide bonds. The third-order valence-corrected chi connectivity index (χ3v) is 4.81. The predicted octanol–water partition coefficient (Wildman–Crippen LogP) is 5.78. The fourth-order valence-corrected chi connectivity index (χ4v) is 3.36. The molecule has 3 aromatic rings. The monoisotopic (exact) mass is 404 g/mol. The molecule has 0 saturated heterocycles. The van der Waals surface area contributed by atoms with E-state index >= 15 is 0 Å². The van der Waals surface area contributed by atoms with Gasteiger partial charge < -0.3 is 10.6 Å². The molecule has 3 rings (SSSR count). The van der Waals surface area contributed by atoms with E-state index in [1.165, 1.54) is 17.1 Å². The summed E-state index contributed by atoms with van der Waals surface area (Å²) in [4.78, 5) is 4.46. The summed E-state index contributed by atoms with van der Waals surface area (Å²) in [7, 11) is 0. The number of hydrogen-bond acceptors (Lipinski definition) is 5. The third-order valence-electron chi connectivity index (χ3n) is 3.62. The van der Waals surface area contributed by atoms with Crippen molar-refractivity contribution in [1.29, 1.82) is 0 Å². The summed E-state index contributed by atoms with van der Waals surface area (Å²) in [6.45, 7) is 2.87. The van der Waals surface area contributed by atoms with Gasteiger partial charge in [-0.2, -0.15) is 9.36 Å². The van der Waals surface area contributed by atoms with E-state index in [2.05, 4.69) is 44.3 Å². The summed E-state index contributed by atoms with van der Waals surface area (Å²) in [5.74, 6) is 0.660. The number of benzene rings is 2. The number of rotatable bonds is 7. The second-order valence-corrected chi connectivity index (χ2v) is 7.29. The minimum atomic E-state index is 0.545. The fraction of sp³-hybridized carbons (Fsp3) is 0.158. The molecule has 7 heteroatoms. The minimum absolute atomic E-state index is 0.545. The molecule has 1 aromatic heterocycles. The van der Waals surface area contributed by atoms with Crippen molar-refractivity contribution in [2.45, 2.75) is 13.3 Å². The summed E-state index contributed by atoms with van der Waals surface area (Å²) in [5, 5.41) is 8.37. The summed E-state index contributed by atoms with van der Waals surface area (Å²) >= 11 is 13.4. The summed E-state index contributed by atoms with van der Waals surface area (Å²) in [6.07, 6.45) is 2.90. The Morgan fingerprint density at radius 1 is 1.15 bits per heavy atom. The van der Waals surface area contributed by atoms with E-state index in [-0.39, 0.29) is 0 Å². The molecule has 0 bridgehead atoms. The first-order valence-electron chi connectivity index (χ1n) is 8.12. The summed E-state index contributed by atoms with van der Waals surface area (Å²) < 4.78 is 4.35. The molecule has 0 unspecified atom stereocenters. The molecule has 26 heavy (non-hydrogen) atoms. The molecule has 0 fully saturated rings. The highest BCUT2D eigenvalue weighted by atomic mass is 35.5. The van der Waals surface area contributed by atoms with Gasteiger partial charge in [0.25, 0.3) is 0 Å². The third kappa shape index (κ3) is 5.46. The average Bonchev–Trinajstić information content (AvgIpc) is 3.05. The second kappa shape index (κ2) is 9.03. The molecule has 0 atom stereocenters. The maximum atomic E-state index is 6.17. The number of hydrogen-bond donors (Lipinski definition) is 2. The van der Waals surface area contributed by atoms with Crippen LogP contribution in [0.25, 0.3) is 6.08 Å². The molecular weight excluding hydrogens is 387 g/mol. The summed E-state index contributed by atoms with van der Waals surface area (Å²) in [6, 6.07) is 15.7. The maximum absolute atomic E-state index is 6.17. The molecule has 0 aliphatic heterocycles. The minimum Gasteiger partial charge on any atom is -0.388 e. The van der Waals surface area contributed by atoms with Crippen molar-refractivity contribution < 1.29 is 0 Å². The van der Waals surface area contributed by atoms with Crippen molar-refractivity contribution >= 4 is 51.6 Å². The average molecular weight is 405 g/mol. The van der Waals surface area contributed by atoms with Crippen molar-refractivity contribution in [3.8, 4) is 0 Å². The van der Waals surface area contributed by atoms with E-state index < -0.39 is 0 Å². The van der Waals surface area contributed by atoms with Crippen molar-refractivity contribution in [1.82, 2.24) is 14.7 Å². The molecule has 0 aliphatic carbocycles. The van der Waals surface area contributed by atoms with E-state index in [0.29, 0.717) is 21.0 Å². The molecule has 0 saturated carbocycles. The first-order valence-corrected chi connectivity index (χ1v) is 9.65. The number of aromatic nitrogens is 2. The van der Waals surface area contributed by atoms with Gasteiger partial charge in [-0.05, 0) is 37.1 Å². The smallest absolute Gasteiger partial charge is 0.207 e. The zero-order chi connectivity index (χ0) is 18.4. The number of nitrogens with one attached hydrogen (secondary N) is 2. The first kappa shape index (κ1) is 18.7. The Bertz CT molecular complexity index is 894. The fourth-order valence-electron chi connectivity index (χ4n) is 2.34. The molecule has 2 N–H and O–H groups in total. The van der Waals surface area contributed by atoms with Crippen molar-refractivity contribution in [2.75, 3.05) is 11.9 Å². The topological polar surface area (TPSA) is 49.8 Å². The molecular formula is C19H18Cl2N4S. The highest BCUT2D eigenvalue weighted by Gasteiger charge is 2.06. The van der Waals surface area contributed by atoms with Crippen molar-refractivity contribution in [3.05, 3.63) is 75.7 Å². The van der Waals surface area contributed by atoms with Gasteiger partial charge in [-0.1, -0.05) is 53.5 Å². The Kier molecular flexibility index (Phi) is 6.50. The normalized spacial score (nSPS) is 11.4. The summed E-state index contributed by atoms with van der Waals surface area (Å²) in [5.41, 5.74) is 3.08. The quantitative estimate of drug-likeness (QED) is 0.523. The Labute approximate surface area is 167 Å². The Morgan fingerprint density at radius 3 is 2.73 bits per heavy atom. The lowest BCUT2D eigenvalue weighted by Crippen LogP contribution is -2.14. The Hall–Kier alpha value is -2.08. The number of allylic oxidation sites excluding steroid dienone is 1. The van der Waals surface area contributed by atoms with Crippen molar-refractivity contribution in [2.24, 2.45) is 0 Å². The van der Waals surface area contributed by atoms with Crippen molar-refractivity contribution in [3.63, 3.8) is 0 Å². The Balaban J connectivity index is 1.55. The lowest BCUT2D eigenvalue weighted by atomic mass is 10.1. The molecule has 1 heterocycles. The van der Waals surface area contributed by atoms with E-state index in [1.54, 1.807) is 12.1 Å². The zero-order valence-electron chi connectivity index (χ0n) is 14.2. The van der Waals surface area contributed by atoms with Gasteiger partial charge in [-0.3, -0.25) is 0 Å². The molecule has 0 radical (unpaired) electrons. The van der Waals surface area contributed by atoms with Crippen LogP contribution >= 0.6 is 34.7 Å². The van der Waals surface area contributed by atoms with Crippen LogP contribution in [-0.4, -0.2) is 15.9 Å². The van der Waals surface area contributed by atoms with Crippen LogP contribution in [0.3, 0.4) is 0 Å². The van der Waals surface area contributed by atoms with Gasteiger partial charge in [-0.15, -0.1) is 0 Å². The molecule has 134 valence electrons. The van der Waals surface area contributed by atoms with Gasteiger partial charge in [0.15, 0.2) is 5.82 Å². The number of nitrogens with zero attached hydrogens (tertiary/aromatic N) is 2. The van der Waals surface area contributed by atoms with E-state index in [1.807, 2.05) is 25.1 Å². The van der Waals surface area contributed by atoms with Gasteiger partial charge in [0.1, 0.15) is 0 Å². The molecule has 2 aromatic carbocycles. The zero-order valence-corrected chi connectivity index (χ0v) is 16.5. The molecule has 0 spiro atoms. The van der Waals surface area contributed by atoms with Crippen LogP contribution in [0.5, 0.6) is 0 Å². The number of anilines is 2. The van der Waals surface area contributed by atoms with E-state index in [0.717, 1.165) is 24.4 Å².